The lowest BCUT2D eigenvalue weighted by Gasteiger charge is -2.13. The van der Waals surface area contributed by atoms with Crippen molar-refractivity contribution in [2.45, 2.75) is 6.42 Å². The number of halogens is 1. The van der Waals surface area contributed by atoms with Crippen molar-refractivity contribution in [1.29, 1.82) is 0 Å². The van der Waals surface area contributed by atoms with Gasteiger partial charge in [0, 0.05) is 42.6 Å². The summed E-state index contributed by atoms with van der Waals surface area (Å²) in [4.78, 5) is 22.1. The minimum atomic E-state index is -0.636. The number of hydrogen-bond acceptors (Lipinski definition) is 4. The molecule has 1 aromatic carbocycles. The molecule has 0 radical (unpaired) electrons. The summed E-state index contributed by atoms with van der Waals surface area (Å²) < 4.78 is 20.9. The molecule has 0 saturated carbocycles. The fourth-order valence-corrected chi connectivity index (χ4v) is 2.02. The monoisotopic (exact) mass is 318 g/mol. The molecule has 0 fully saturated rings. The Morgan fingerprint density at radius 2 is 2.13 bits per heavy atom. The SMILES string of the molecule is C=CCCOc1cc(=O)n(C)cc1-c1cc([N+](=O)[O-])ccc1F. The van der Waals surface area contributed by atoms with E-state index in [1.54, 1.807) is 6.08 Å². The lowest BCUT2D eigenvalue weighted by atomic mass is 10.1. The normalized spacial score (nSPS) is 10.3. The van der Waals surface area contributed by atoms with Crippen LogP contribution in [0.2, 0.25) is 0 Å². The van der Waals surface area contributed by atoms with Crippen LogP contribution in [0.5, 0.6) is 5.75 Å². The quantitative estimate of drug-likeness (QED) is 0.355. The largest absolute Gasteiger partial charge is 0.492 e. The molecule has 6 nitrogen and oxygen atoms in total. The van der Waals surface area contributed by atoms with Crippen LogP contribution in [0.1, 0.15) is 6.42 Å². The molecule has 7 heteroatoms. The Bertz CT molecular complexity index is 814. The smallest absolute Gasteiger partial charge is 0.270 e. The number of hydrogen-bond donors (Lipinski definition) is 0. The molecule has 1 aromatic heterocycles. The van der Waals surface area contributed by atoms with Gasteiger partial charge in [0.25, 0.3) is 11.2 Å². The van der Waals surface area contributed by atoms with E-state index >= 15 is 0 Å². The highest BCUT2D eigenvalue weighted by Gasteiger charge is 2.17. The van der Waals surface area contributed by atoms with E-state index in [0.717, 1.165) is 18.2 Å². The average Bonchev–Trinajstić information content (AvgIpc) is 2.51. The Labute approximate surface area is 131 Å². The van der Waals surface area contributed by atoms with Gasteiger partial charge in [0.05, 0.1) is 11.5 Å². The van der Waals surface area contributed by atoms with Crippen LogP contribution in [0, 0.1) is 15.9 Å². The summed E-state index contributed by atoms with van der Waals surface area (Å²) in [5.41, 5.74) is -0.291. The van der Waals surface area contributed by atoms with Crippen molar-refractivity contribution in [3.63, 3.8) is 0 Å². The van der Waals surface area contributed by atoms with Gasteiger partial charge in [0.15, 0.2) is 0 Å². The van der Waals surface area contributed by atoms with E-state index in [0.29, 0.717) is 6.42 Å². The average molecular weight is 318 g/mol. The summed E-state index contributed by atoms with van der Waals surface area (Å²) >= 11 is 0. The van der Waals surface area contributed by atoms with Crippen molar-refractivity contribution in [3.8, 4) is 16.9 Å². The topological polar surface area (TPSA) is 74.4 Å². The zero-order chi connectivity index (χ0) is 17.0. The lowest BCUT2D eigenvalue weighted by molar-refractivity contribution is -0.384. The van der Waals surface area contributed by atoms with E-state index in [1.165, 1.54) is 23.9 Å². The first-order chi connectivity index (χ1) is 10.9. The van der Waals surface area contributed by atoms with Crippen LogP contribution in [0.25, 0.3) is 11.1 Å². The van der Waals surface area contributed by atoms with Gasteiger partial charge in [-0.2, -0.15) is 0 Å². The second-order valence-corrected chi connectivity index (χ2v) is 4.85. The summed E-state index contributed by atoms with van der Waals surface area (Å²) in [6, 6.07) is 4.46. The zero-order valence-electron chi connectivity index (χ0n) is 12.5. The molecule has 2 rings (SSSR count). The maximum Gasteiger partial charge on any atom is 0.270 e. The third-order valence-electron chi connectivity index (χ3n) is 3.22. The Hall–Kier alpha value is -2.96. The van der Waals surface area contributed by atoms with Crippen LogP contribution in [0.3, 0.4) is 0 Å². The molecule has 120 valence electrons. The minimum Gasteiger partial charge on any atom is -0.492 e. The van der Waals surface area contributed by atoms with Crippen LogP contribution >= 0.6 is 0 Å². The Kier molecular flexibility index (Phi) is 4.90. The van der Waals surface area contributed by atoms with Crippen molar-refractivity contribution in [2.24, 2.45) is 7.05 Å². The third-order valence-corrected chi connectivity index (χ3v) is 3.22. The first-order valence-corrected chi connectivity index (χ1v) is 6.82. The molecule has 0 atom stereocenters. The lowest BCUT2D eigenvalue weighted by Crippen LogP contribution is -2.16. The van der Waals surface area contributed by atoms with E-state index in [1.807, 2.05) is 0 Å². The third kappa shape index (κ3) is 3.63. The molecule has 2 aromatic rings. The molecular weight excluding hydrogens is 303 g/mol. The second kappa shape index (κ2) is 6.87. The fourth-order valence-electron chi connectivity index (χ4n) is 2.02. The molecule has 0 saturated heterocycles. The molecule has 0 unspecified atom stereocenters. The maximum atomic E-state index is 14.1. The van der Waals surface area contributed by atoms with Gasteiger partial charge in [-0.3, -0.25) is 14.9 Å². The molecule has 0 N–H and O–H groups in total. The number of pyridine rings is 1. The Morgan fingerprint density at radius 3 is 2.78 bits per heavy atom. The highest BCUT2D eigenvalue weighted by molar-refractivity contribution is 5.72. The Morgan fingerprint density at radius 1 is 1.39 bits per heavy atom. The fraction of sp³-hybridized carbons (Fsp3) is 0.188. The molecule has 0 aliphatic rings. The van der Waals surface area contributed by atoms with Crippen molar-refractivity contribution >= 4 is 5.69 Å². The van der Waals surface area contributed by atoms with Gasteiger partial charge in [-0.1, -0.05) is 6.08 Å². The summed E-state index contributed by atoms with van der Waals surface area (Å²) in [6.45, 7) is 3.83. The Balaban J connectivity index is 2.59. The van der Waals surface area contributed by atoms with Crippen LogP contribution in [0.4, 0.5) is 10.1 Å². The van der Waals surface area contributed by atoms with Gasteiger partial charge in [0.1, 0.15) is 11.6 Å². The van der Waals surface area contributed by atoms with E-state index in [-0.39, 0.29) is 34.7 Å². The number of nitro groups is 1. The molecular formula is C16H15FN2O4. The highest BCUT2D eigenvalue weighted by atomic mass is 19.1. The van der Waals surface area contributed by atoms with E-state index < -0.39 is 10.7 Å². The molecule has 0 amide bonds. The molecule has 0 bridgehead atoms. The first-order valence-electron chi connectivity index (χ1n) is 6.82. The van der Waals surface area contributed by atoms with Crippen molar-refractivity contribution in [2.75, 3.05) is 6.61 Å². The van der Waals surface area contributed by atoms with Crippen molar-refractivity contribution < 1.29 is 14.1 Å². The van der Waals surface area contributed by atoms with Crippen LogP contribution in [-0.4, -0.2) is 16.1 Å². The van der Waals surface area contributed by atoms with E-state index in [4.69, 9.17) is 4.74 Å². The molecule has 23 heavy (non-hydrogen) atoms. The van der Waals surface area contributed by atoms with Gasteiger partial charge in [-0.15, -0.1) is 6.58 Å². The number of aromatic nitrogens is 1. The number of rotatable bonds is 6. The molecule has 0 aliphatic carbocycles. The van der Waals surface area contributed by atoms with Crippen molar-refractivity contribution in [1.82, 2.24) is 4.57 Å². The second-order valence-electron chi connectivity index (χ2n) is 4.85. The van der Waals surface area contributed by atoms with E-state index in [2.05, 4.69) is 6.58 Å². The number of nitrogens with zero attached hydrogens (tertiary/aromatic N) is 2. The van der Waals surface area contributed by atoms with Crippen LogP contribution in [0.15, 0.2) is 47.9 Å². The summed E-state index contributed by atoms with van der Waals surface area (Å²) in [7, 11) is 1.51. The number of nitro benzene ring substituents is 1. The minimum absolute atomic E-state index is 0.00315. The maximum absolute atomic E-state index is 14.1. The highest BCUT2D eigenvalue weighted by Crippen LogP contribution is 2.33. The number of ether oxygens (including phenoxy) is 1. The van der Waals surface area contributed by atoms with Crippen molar-refractivity contribution in [3.05, 3.63) is 69.4 Å². The number of aryl methyl sites for hydroxylation is 1. The van der Waals surface area contributed by atoms with Crippen LogP contribution in [-0.2, 0) is 7.05 Å². The standard InChI is InChI=1S/C16H15FN2O4/c1-3-4-7-23-15-9-16(20)18(2)10-13(15)12-8-11(19(21)22)5-6-14(12)17/h3,5-6,8-10H,1,4,7H2,2H3. The predicted octanol–water partition coefficient (Wildman–Crippen LogP) is 3.05. The van der Waals surface area contributed by atoms with Gasteiger partial charge >= 0.3 is 0 Å². The first kappa shape index (κ1) is 16.4. The molecule has 1 heterocycles. The summed E-state index contributed by atoms with van der Waals surface area (Å²) in [5, 5.41) is 10.9. The summed E-state index contributed by atoms with van der Waals surface area (Å²) in [6.07, 6.45) is 3.59. The molecule has 0 aliphatic heterocycles. The van der Waals surface area contributed by atoms with Gasteiger partial charge in [-0.25, -0.2) is 4.39 Å². The van der Waals surface area contributed by atoms with Gasteiger partial charge in [-0.05, 0) is 12.5 Å². The molecule has 0 spiro atoms. The predicted molar refractivity (Wildman–Crippen MR) is 84.0 cm³/mol. The number of non-ortho nitro benzene ring substituents is 1. The summed E-state index contributed by atoms with van der Waals surface area (Å²) in [5.74, 6) is -0.461. The van der Waals surface area contributed by atoms with Crippen LogP contribution < -0.4 is 10.3 Å². The van der Waals surface area contributed by atoms with Gasteiger partial charge in [0.2, 0.25) is 0 Å². The number of benzene rings is 1. The zero-order valence-corrected chi connectivity index (χ0v) is 12.5. The van der Waals surface area contributed by atoms with E-state index in [9.17, 15) is 19.3 Å². The van der Waals surface area contributed by atoms with Gasteiger partial charge < -0.3 is 9.30 Å².